The topological polar surface area (TPSA) is 44.4 Å². The molecule has 124 valence electrons. The van der Waals surface area contributed by atoms with Gasteiger partial charge in [0.15, 0.2) is 5.11 Å². The summed E-state index contributed by atoms with van der Waals surface area (Å²) in [7, 11) is 1.87. The van der Waals surface area contributed by atoms with Crippen LogP contribution in [0.25, 0.3) is 0 Å². The average molecular weight is 331 g/mol. The Balaban J connectivity index is 1.46. The van der Waals surface area contributed by atoms with E-state index in [4.69, 9.17) is 12.2 Å². The van der Waals surface area contributed by atoms with Crippen molar-refractivity contribution in [1.82, 2.24) is 10.2 Å². The van der Waals surface area contributed by atoms with Gasteiger partial charge in [-0.25, -0.2) is 0 Å². The predicted octanol–water partition coefficient (Wildman–Crippen LogP) is 2.93. The van der Waals surface area contributed by atoms with Gasteiger partial charge in [0.25, 0.3) is 0 Å². The molecule has 2 aliphatic carbocycles. The molecule has 0 saturated heterocycles. The normalized spacial score (nSPS) is 25.2. The maximum atomic E-state index is 12.1. The van der Waals surface area contributed by atoms with Crippen LogP contribution >= 0.6 is 12.2 Å². The molecule has 3 atom stereocenters. The van der Waals surface area contributed by atoms with Crippen molar-refractivity contribution in [3.63, 3.8) is 0 Å². The summed E-state index contributed by atoms with van der Waals surface area (Å²) in [6, 6.07) is 8.31. The fourth-order valence-electron chi connectivity index (χ4n) is 3.81. The van der Waals surface area contributed by atoms with E-state index >= 15 is 0 Å². The quantitative estimate of drug-likeness (QED) is 0.833. The van der Waals surface area contributed by atoms with Gasteiger partial charge in [-0.05, 0) is 62.4 Å². The van der Waals surface area contributed by atoms with E-state index in [1.165, 1.54) is 31.2 Å². The van der Waals surface area contributed by atoms with Gasteiger partial charge in [-0.2, -0.15) is 0 Å². The number of nitrogens with one attached hydrogen (secondary N) is 2. The second-order valence-corrected chi connectivity index (χ2v) is 7.39. The van der Waals surface area contributed by atoms with Crippen LogP contribution in [-0.2, 0) is 4.79 Å². The van der Waals surface area contributed by atoms with Crippen LogP contribution in [0.15, 0.2) is 24.3 Å². The maximum Gasteiger partial charge on any atom is 0.243 e. The second kappa shape index (κ2) is 6.87. The van der Waals surface area contributed by atoms with E-state index in [1.807, 2.05) is 43.1 Å². The van der Waals surface area contributed by atoms with Gasteiger partial charge in [-0.3, -0.25) is 4.79 Å². The molecule has 0 unspecified atom stereocenters. The van der Waals surface area contributed by atoms with Crippen LogP contribution in [0.4, 0.5) is 5.69 Å². The zero-order valence-corrected chi connectivity index (χ0v) is 14.7. The highest BCUT2D eigenvalue weighted by Crippen LogP contribution is 2.44. The van der Waals surface area contributed by atoms with E-state index < -0.39 is 0 Å². The van der Waals surface area contributed by atoms with Crippen molar-refractivity contribution in [3.05, 3.63) is 29.8 Å². The van der Waals surface area contributed by atoms with Gasteiger partial charge in [0.1, 0.15) is 0 Å². The molecule has 3 rings (SSSR count). The summed E-state index contributed by atoms with van der Waals surface area (Å²) in [6.45, 7) is 2.29. The highest BCUT2D eigenvalue weighted by Gasteiger charge is 2.39. The molecule has 0 radical (unpaired) electrons. The van der Waals surface area contributed by atoms with E-state index in [0.29, 0.717) is 11.2 Å². The number of aryl methyl sites for hydroxylation is 1. The van der Waals surface area contributed by atoms with Gasteiger partial charge < -0.3 is 15.5 Å². The van der Waals surface area contributed by atoms with Crippen LogP contribution in [0.3, 0.4) is 0 Å². The Bertz CT molecular complexity index is 586. The Morgan fingerprint density at radius 3 is 2.61 bits per heavy atom. The van der Waals surface area contributed by atoms with E-state index in [0.717, 1.165) is 17.5 Å². The molecule has 5 heteroatoms. The van der Waals surface area contributed by atoms with Gasteiger partial charge in [0.05, 0.1) is 6.54 Å². The van der Waals surface area contributed by atoms with Crippen molar-refractivity contribution in [1.29, 1.82) is 0 Å². The number of nitrogens with zero attached hydrogens (tertiary/aromatic N) is 1. The average Bonchev–Trinajstić information content (AvgIpc) is 3.12. The standard InChI is InChI=1S/C18H25N3OS/c1-12-3-7-15(8-4-12)19-17(22)11-21(2)18(23)20-16-10-13-5-6-14(16)9-13/h3-4,7-8,13-14,16H,5-6,9-11H2,1-2H3,(H,19,22)(H,20,23)/t13-,14+,16-/m0/s1. The zero-order valence-electron chi connectivity index (χ0n) is 13.8. The first-order valence-corrected chi connectivity index (χ1v) is 8.80. The summed E-state index contributed by atoms with van der Waals surface area (Å²) in [5.74, 6) is 1.61. The number of carbonyl (C=O) groups is 1. The minimum absolute atomic E-state index is 0.0477. The van der Waals surface area contributed by atoms with Crippen LogP contribution in [-0.4, -0.2) is 35.6 Å². The number of hydrogen-bond acceptors (Lipinski definition) is 2. The first kappa shape index (κ1) is 16.2. The van der Waals surface area contributed by atoms with Crippen molar-refractivity contribution < 1.29 is 4.79 Å². The fraction of sp³-hybridized carbons (Fsp3) is 0.556. The molecular formula is C18H25N3OS. The van der Waals surface area contributed by atoms with Crippen molar-refractivity contribution in [2.24, 2.45) is 11.8 Å². The third-order valence-electron chi connectivity index (χ3n) is 5.11. The number of amides is 1. The Morgan fingerprint density at radius 1 is 1.26 bits per heavy atom. The van der Waals surface area contributed by atoms with Crippen LogP contribution < -0.4 is 10.6 Å². The molecule has 0 heterocycles. The zero-order chi connectivity index (χ0) is 16.4. The molecule has 1 amide bonds. The number of carbonyl (C=O) groups excluding carboxylic acids is 1. The Hall–Kier alpha value is -1.62. The number of likely N-dealkylation sites (N-methyl/N-ethyl adjacent to an activating group) is 1. The van der Waals surface area contributed by atoms with Gasteiger partial charge >= 0.3 is 0 Å². The van der Waals surface area contributed by atoms with Crippen molar-refractivity contribution >= 4 is 28.9 Å². The lowest BCUT2D eigenvalue weighted by molar-refractivity contribution is -0.116. The molecule has 1 aromatic carbocycles. The number of thiocarbonyl (C=S) groups is 1. The Labute approximate surface area is 143 Å². The molecule has 23 heavy (non-hydrogen) atoms. The van der Waals surface area contributed by atoms with Gasteiger partial charge in [-0.15, -0.1) is 0 Å². The third kappa shape index (κ3) is 4.02. The minimum Gasteiger partial charge on any atom is -0.360 e. The lowest BCUT2D eigenvalue weighted by atomic mass is 9.95. The van der Waals surface area contributed by atoms with Crippen LogP contribution in [0.2, 0.25) is 0 Å². The largest absolute Gasteiger partial charge is 0.360 e. The lowest BCUT2D eigenvalue weighted by Gasteiger charge is -2.28. The highest BCUT2D eigenvalue weighted by molar-refractivity contribution is 7.80. The Morgan fingerprint density at radius 2 is 2.00 bits per heavy atom. The fourth-order valence-corrected chi connectivity index (χ4v) is 4.03. The summed E-state index contributed by atoms with van der Waals surface area (Å²) in [5, 5.41) is 7.05. The smallest absolute Gasteiger partial charge is 0.243 e. The molecule has 0 spiro atoms. The van der Waals surface area contributed by atoms with E-state index in [9.17, 15) is 4.79 Å². The molecular weight excluding hydrogens is 306 g/mol. The van der Waals surface area contributed by atoms with Crippen LogP contribution in [0.5, 0.6) is 0 Å². The lowest BCUT2D eigenvalue weighted by Crippen LogP contribution is -2.47. The predicted molar refractivity (Wildman–Crippen MR) is 97.4 cm³/mol. The number of benzene rings is 1. The van der Waals surface area contributed by atoms with E-state index in [2.05, 4.69) is 10.6 Å². The molecule has 1 aromatic rings. The molecule has 0 aliphatic heterocycles. The summed E-state index contributed by atoms with van der Waals surface area (Å²) in [4.78, 5) is 14.0. The summed E-state index contributed by atoms with van der Waals surface area (Å²) >= 11 is 5.46. The van der Waals surface area contributed by atoms with Gasteiger partial charge in [0, 0.05) is 18.8 Å². The molecule has 2 bridgehead atoms. The maximum absolute atomic E-state index is 12.1. The van der Waals surface area contributed by atoms with Gasteiger partial charge in [-0.1, -0.05) is 24.1 Å². The highest BCUT2D eigenvalue weighted by atomic mass is 32.1. The number of hydrogen-bond donors (Lipinski definition) is 2. The minimum atomic E-state index is -0.0477. The number of anilines is 1. The number of fused-ring (bicyclic) bond motifs is 2. The summed E-state index contributed by atoms with van der Waals surface area (Å²) in [6.07, 6.45) is 5.28. The Kier molecular flexibility index (Phi) is 4.85. The van der Waals surface area contributed by atoms with Gasteiger partial charge in [0.2, 0.25) is 5.91 Å². The second-order valence-electron chi connectivity index (χ2n) is 7.00. The first-order valence-electron chi connectivity index (χ1n) is 8.39. The summed E-state index contributed by atoms with van der Waals surface area (Å²) in [5.41, 5.74) is 2.00. The SMILES string of the molecule is Cc1ccc(NC(=O)CN(C)C(=S)N[C@H]2C[C@H]3CC[C@@H]2C3)cc1. The molecule has 2 aliphatic rings. The molecule has 2 saturated carbocycles. The first-order chi connectivity index (χ1) is 11.0. The van der Waals surface area contributed by atoms with Crippen molar-refractivity contribution in [2.75, 3.05) is 18.9 Å². The van der Waals surface area contributed by atoms with E-state index in [-0.39, 0.29) is 12.5 Å². The molecule has 2 fully saturated rings. The molecule has 2 N–H and O–H groups in total. The molecule has 4 nitrogen and oxygen atoms in total. The van der Waals surface area contributed by atoms with E-state index in [1.54, 1.807) is 0 Å². The van der Waals surface area contributed by atoms with Crippen LogP contribution in [0, 0.1) is 18.8 Å². The van der Waals surface area contributed by atoms with Crippen molar-refractivity contribution in [3.8, 4) is 0 Å². The van der Waals surface area contributed by atoms with Crippen LogP contribution in [0.1, 0.15) is 31.2 Å². The third-order valence-corrected chi connectivity index (χ3v) is 5.54. The monoisotopic (exact) mass is 331 g/mol. The van der Waals surface area contributed by atoms with Crippen molar-refractivity contribution in [2.45, 2.75) is 38.6 Å². The molecule has 0 aromatic heterocycles. The number of rotatable bonds is 4. The summed E-state index contributed by atoms with van der Waals surface area (Å²) < 4.78 is 0.